The van der Waals surface area contributed by atoms with Crippen LogP contribution in [0.3, 0.4) is 0 Å². The van der Waals surface area contributed by atoms with Crippen LogP contribution in [-0.2, 0) is 35.3 Å². The number of likely N-dealkylation sites (tertiary alicyclic amines) is 1. The summed E-state index contributed by atoms with van der Waals surface area (Å²) in [7, 11) is 0. The molecule has 3 aliphatic carbocycles. The number of fused-ring (bicyclic) bond motifs is 1. The molecule has 268 valence electrons. The Labute approximate surface area is 289 Å². The number of nitrogens with one attached hydrogen (secondary N) is 3. The largest absolute Gasteiger partial charge is 0.459 e. The van der Waals surface area contributed by atoms with Crippen molar-refractivity contribution in [1.82, 2.24) is 20.9 Å². The molecular weight excluding hydrogens is 626 g/mol. The fourth-order valence-corrected chi connectivity index (χ4v) is 8.14. The molecule has 12 heteroatoms. The highest BCUT2D eigenvalue weighted by atomic mass is 16.5. The van der Waals surface area contributed by atoms with Crippen molar-refractivity contribution >= 4 is 35.5 Å². The van der Waals surface area contributed by atoms with Crippen molar-refractivity contribution in [3.05, 3.63) is 35.9 Å². The van der Waals surface area contributed by atoms with Gasteiger partial charge in [-0.15, -0.1) is 0 Å². The zero-order valence-corrected chi connectivity index (χ0v) is 29.5. The summed E-state index contributed by atoms with van der Waals surface area (Å²) in [6, 6.07) is 4.81. The van der Waals surface area contributed by atoms with Crippen LogP contribution < -0.4 is 21.7 Å². The minimum Gasteiger partial charge on any atom is -0.459 e. The minimum atomic E-state index is -1.10. The zero-order valence-electron chi connectivity index (χ0n) is 29.5. The number of ether oxygens (including phenoxy) is 1. The number of piperidine rings is 1. The molecule has 5 rings (SSSR count). The van der Waals surface area contributed by atoms with E-state index in [2.05, 4.69) is 29.8 Å². The van der Waals surface area contributed by atoms with E-state index in [9.17, 15) is 28.8 Å². The molecule has 12 nitrogen and oxygen atoms in total. The van der Waals surface area contributed by atoms with Gasteiger partial charge < -0.3 is 31.3 Å². The van der Waals surface area contributed by atoms with E-state index in [0.717, 1.165) is 50.5 Å². The first-order valence-electron chi connectivity index (χ1n) is 17.8. The van der Waals surface area contributed by atoms with E-state index < -0.39 is 65.1 Å². The Morgan fingerprint density at radius 3 is 2.16 bits per heavy atom. The number of urea groups is 1. The van der Waals surface area contributed by atoms with Gasteiger partial charge in [0.05, 0.1) is 6.04 Å². The predicted octanol–water partition coefficient (Wildman–Crippen LogP) is 3.21. The Morgan fingerprint density at radius 1 is 0.939 bits per heavy atom. The first-order valence-corrected chi connectivity index (χ1v) is 17.8. The molecule has 4 aliphatic rings. The number of Topliss-reactive ketones (excluding diaryl/α,β-unsaturated/α-hetero) is 1. The summed E-state index contributed by atoms with van der Waals surface area (Å²) < 4.78 is 5.63. The van der Waals surface area contributed by atoms with Crippen LogP contribution in [-0.4, -0.2) is 71.1 Å². The molecule has 4 fully saturated rings. The van der Waals surface area contributed by atoms with Crippen molar-refractivity contribution in [2.45, 2.75) is 117 Å². The fourth-order valence-electron chi connectivity index (χ4n) is 8.14. The molecule has 1 unspecified atom stereocenters. The smallest absolute Gasteiger partial charge is 0.329 e. The first kappa shape index (κ1) is 36.3. The lowest BCUT2D eigenvalue weighted by atomic mass is 9.80. The number of primary amides is 1. The molecule has 1 aromatic rings. The zero-order chi connectivity index (χ0) is 35.7. The summed E-state index contributed by atoms with van der Waals surface area (Å²) in [5, 5.41) is 8.47. The van der Waals surface area contributed by atoms with E-state index in [1.165, 1.54) is 4.90 Å². The molecule has 5 N–H and O–H groups in total. The van der Waals surface area contributed by atoms with E-state index in [-0.39, 0.29) is 35.7 Å². The Bertz CT molecular complexity index is 1430. The third-order valence-corrected chi connectivity index (χ3v) is 11.5. The highest BCUT2D eigenvalue weighted by molar-refractivity contribution is 6.37. The SMILES string of the molecule is CC(C)(C)[C@H](NC(=O)N[C@H](C(=O)OCc1ccccc1)C1CCCC1)C(=O)N1C[C@H]2[C@@H]([C@H]1C(=O)NC(CC1CCC1)C(=O)C(N)=O)C2(C)C. The molecule has 0 aromatic heterocycles. The summed E-state index contributed by atoms with van der Waals surface area (Å²) in [5.74, 6) is -3.34. The van der Waals surface area contributed by atoms with Crippen LogP contribution >= 0.6 is 0 Å². The standard InChI is InChI=1S/C37H53N5O7/c1-36(2,3)30(41-35(48)40-27(23-16-9-10-17-23)34(47)49-20-22-12-7-6-8-13-22)33(46)42-19-24-26(37(24,4)5)28(42)32(45)39-25(29(43)31(38)44)18-21-14-11-15-21/h6-8,12-13,21,23-28,30H,9-11,14-20H2,1-5H3,(H2,38,44)(H,39,45)(H2,40,41,48)/t24-,25?,26-,27-,28-,30+/m0/s1. The predicted molar refractivity (Wildman–Crippen MR) is 181 cm³/mol. The normalized spacial score (nSPS) is 24.8. The Morgan fingerprint density at radius 2 is 1.59 bits per heavy atom. The summed E-state index contributed by atoms with van der Waals surface area (Å²) in [6.45, 7) is 9.99. The van der Waals surface area contributed by atoms with Crippen molar-refractivity contribution in [3.63, 3.8) is 0 Å². The molecule has 0 bridgehead atoms. The lowest BCUT2D eigenvalue weighted by Gasteiger charge is -2.38. The van der Waals surface area contributed by atoms with Crippen LogP contribution in [0.5, 0.6) is 0 Å². The number of rotatable bonds is 13. The molecular formula is C37H53N5O7. The maximum absolute atomic E-state index is 14.4. The van der Waals surface area contributed by atoms with Crippen molar-refractivity contribution in [1.29, 1.82) is 0 Å². The van der Waals surface area contributed by atoms with Gasteiger partial charge in [0.2, 0.25) is 17.6 Å². The number of hydrogen-bond donors (Lipinski definition) is 4. The average molecular weight is 680 g/mol. The van der Waals surface area contributed by atoms with E-state index in [1.54, 1.807) is 0 Å². The number of carbonyl (C=O) groups excluding carboxylic acids is 6. The maximum atomic E-state index is 14.4. The van der Waals surface area contributed by atoms with Crippen LogP contribution in [0.25, 0.3) is 0 Å². The number of carbonyl (C=O) groups is 6. The van der Waals surface area contributed by atoms with Gasteiger partial charge in [0.1, 0.15) is 24.7 Å². The number of esters is 1. The number of benzene rings is 1. The molecule has 0 spiro atoms. The van der Waals surface area contributed by atoms with Crippen molar-refractivity contribution in [3.8, 4) is 0 Å². The van der Waals surface area contributed by atoms with Crippen molar-refractivity contribution in [2.75, 3.05) is 6.54 Å². The van der Waals surface area contributed by atoms with Crippen molar-refractivity contribution in [2.24, 2.45) is 40.2 Å². The van der Waals surface area contributed by atoms with Gasteiger partial charge in [-0.05, 0) is 59.3 Å². The number of hydrogen-bond acceptors (Lipinski definition) is 7. The van der Waals surface area contributed by atoms with Gasteiger partial charge in [-0.3, -0.25) is 19.2 Å². The summed E-state index contributed by atoms with van der Waals surface area (Å²) >= 11 is 0. The summed E-state index contributed by atoms with van der Waals surface area (Å²) in [4.78, 5) is 81.4. The second-order valence-electron chi connectivity index (χ2n) is 16.2. The van der Waals surface area contributed by atoms with Gasteiger partial charge in [-0.1, -0.05) is 97.1 Å². The lowest BCUT2D eigenvalue weighted by Crippen LogP contribution is -2.62. The molecule has 0 radical (unpaired) electrons. The molecule has 5 amide bonds. The number of amides is 5. The molecule has 1 aliphatic heterocycles. The van der Waals surface area contributed by atoms with Crippen LogP contribution in [0.1, 0.15) is 91.5 Å². The Kier molecular flexibility index (Phi) is 10.7. The molecule has 6 atom stereocenters. The van der Waals surface area contributed by atoms with E-state index >= 15 is 0 Å². The molecule has 1 saturated heterocycles. The van der Waals surface area contributed by atoms with Crippen LogP contribution in [0.2, 0.25) is 0 Å². The quantitative estimate of drug-likeness (QED) is 0.183. The number of nitrogens with two attached hydrogens (primary N) is 1. The highest BCUT2D eigenvalue weighted by Crippen LogP contribution is 2.65. The van der Waals surface area contributed by atoms with Gasteiger partial charge in [-0.25, -0.2) is 9.59 Å². The fraction of sp³-hybridized carbons (Fsp3) is 0.676. The third kappa shape index (κ3) is 8.10. The molecule has 3 saturated carbocycles. The monoisotopic (exact) mass is 679 g/mol. The van der Waals surface area contributed by atoms with Crippen LogP contribution in [0.15, 0.2) is 30.3 Å². The van der Waals surface area contributed by atoms with Crippen molar-refractivity contribution < 1.29 is 33.5 Å². The summed E-state index contributed by atoms with van der Waals surface area (Å²) in [5.41, 5.74) is 5.22. The third-order valence-electron chi connectivity index (χ3n) is 11.5. The molecule has 1 aromatic carbocycles. The topological polar surface area (TPSA) is 177 Å². The first-order chi connectivity index (χ1) is 23.1. The van der Waals surface area contributed by atoms with E-state index in [4.69, 9.17) is 10.5 Å². The number of nitrogens with zero attached hydrogens (tertiary/aromatic N) is 1. The average Bonchev–Trinajstić information content (AvgIpc) is 3.47. The number of ketones is 1. The summed E-state index contributed by atoms with van der Waals surface area (Å²) in [6.07, 6.45) is 6.63. The second-order valence-corrected chi connectivity index (χ2v) is 16.2. The van der Waals surface area contributed by atoms with Gasteiger partial charge in [0, 0.05) is 6.54 Å². The minimum absolute atomic E-state index is 0.0599. The van der Waals surface area contributed by atoms with Gasteiger partial charge >= 0.3 is 12.0 Å². The molecule has 1 heterocycles. The maximum Gasteiger partial charge on any atom is 0.329 e. The lowest BCUT2D eigenvalue weighted by molar-refractivity contribution is -0.148. The van der Waals surface area contributed by atoms with Crippen LogP contribution in [0, 0.1) is 34.5 Å². The van der Waals surface area contributed by atoms with Gasteiger partial charge in [0.15, 0.2) is 0 Å². The van der Waals surface area contributed by atoms with Crippen LogP contribution in [0.4, 0.5) is 4.79 Å². The second kappa shape index (κ2) is 14.5. The van der Waals surface area contributed by atoms with Gasteiger partial charge in [-0.2, -0.15) is 0 Å². The Balaban J connectivity index is 1.30. The highest BCUT2D eigenvalue weighted by Gasteiger charge is 2.70. The van der Waals surface area contributed by atoms with E-state index in [1.807, 2.05) is 51.1 Å². The Hall–Kier alpha value is -3.96. The molecule has 49 heavy (non-hydrogen) atoms. The van der Waals surface area contributed by atoms with Gasteiger partial charge in [0.25, 0.3) is 5.91 Å². The van der Waals surface area contributed by atoms with E-state index in [0.29, 0.717) is 13.0 Å².